The number of rotatable bonds is 3. The van der Waals surface area contributed by atoms with Crippen molar-refractivity contribution in [3.63, 3.8) is 0 Å². The number of likely N-dealkylation sites (tertiary alicyclic amines) is 1. The molecule has 0 amide bonds. The molecule has 0 N–H and O–H groups in total. The summed E-state index contributed by atoms with van der Waals surface area (Å²) in [5.41, 5.74) is 1.65. The van der Waals surface area contributed by atoms with Gasteiger partial charge in [0.25, 0.3) is 0 Å². The molecule has 0 radical (unpaired) electrons. The second-order valence-corrected chi connectivity index (χ2v) is 5.96. The lowest BCUT2D eigenvalue weighted by Crippen LogP contribution is -2.50. The fourth-order valence-corrected chi connectivity index (χ4v) is 3.15. The Morgan fingerprint density at radius 2 is 2.24 bits per heavy atom. The van der Waals surface area contributed by atoms with Crippen molar-refractivity contribution in [1.29, 1.82) is 0 Å². The van der Waals surface area contributed by atoms with Gasteiger partial charge in [-0.05, 0) is 26.5 Å². The van der Waals surface area contributed by atoms with Gasteiger partial charge in [-0.2, -0.15) is 0 Å². The molecule has 4 heteroatoms. The van der Waals surface area contributed by atoms with Crippen LogP contribution in [0, 0.1) is 12.8 Å². The highest BCUT2D eigenvalue weighted by Crippen LogP contribution is 2.41. The van der Waals surface area contributed by atoms with Crippen LogP contribution in [-0.2, 0) is 15.1 Å². The van der Waals surface area contributed by atoms with Gasteiger partial charge in [0.15, 0.2) is 0 Å². The van der Waals surface area contributed by atoms with Crippen molar-refractivity contribution in [3.05, 3.63) is 35.4 Å². The molecule has 1 heterocycles. The summed E-state index contributed by atoms with van der Waals surface area (Å²) in [5, 5.41) is 0. The van der Waals surface area contributed by atoms with Crippen molar-refractivity contribution in [3.8, 4) is 0 Å². The van der Waals surface area contributed by atoms with Crippen molar-refractivity contribution >= 4 is 6.16 Å². The number of ether oxygens (including phenoxy) is 2. The first-order valence-corrected chi connectivity index (χ1v) is 7.59. The van der Waals surface area contributed by atoms with Crippen molar-refractivity contribution in [2.45, 2.75) is 32.8 Å². The van der Waals surface area contributed by atoms with E-state index in [-0.39, 0.29) is 5.92 Å². The van der Waals surface area contributed by atoms with Crippen LogP contribution >= 0.6 is 0 Å². The predicted molar refractivity (Wildman–Crippen MR) is 82.2 cm³/mol. The molecular weight excluding hydrogens is 266 g/mol. The number of hydrogen-bond acceptors (Lipinski definition) is 4. The molecule has 1 aliphatic heterocycles. The highest BCUT2D eigenvalue weighted by molar-refractivity contribution is 5.61. The van der Waals surface area contributed by atoms with Crippen LogP contribution in [0.2, 0.25) is 0 Å². The molecule has 116 valence electrons. The Bertz CT molecular complexity index is 503. The Balaban J connectivity index is 2.36. The summed E-state index contributed by atoms with van der Waals surface area (Å²) in [5.74, 6) is 0.211. The average molecular weight is 291 g/mol. The molecule has 0 bridgehead atoms. The lowest BCUT2D eigenvalue weighted by Gasteiger charge is -2.45. The highest BCUT2D eigenvalue weighted by Gasteiger charge is 2.45. The van der Waals surface area contributed by atoms with E-state index in [1.807, 2.05) is 12.1 Å². The molecular formula is C17H25NO3. The quantitative estimate of drug-likeness (QED) is 0.801. The van der Waals surface area contributed by atoms with E-state index in [0.29, 0.717) is 6.61 Å². The predicted octanol–water partition coefficient (Wildman–Crippen LogP) is 3.34. The van der Waals surface area contributed by atoms with Gasteiger partial charge in [0.05, 0.1) is 6.61 Å². The lowest BCUT2D eigenvalue weighted by atomic mass is 9.76. The molecule has 0 spiro atoms. The van der Waals surface area contributed by atoms with Crippen molar-refractivity contribution < 1.29 is 14.3 Å². The van der Waals surface area contributed by atoms with Gasteiger partial charge in [-0.25, -0.2) is 4.79 Å². The van der Waals surface area contributed by atoms with Gasteiger partial charge in [0.1, 0.15) is 5.60 Å². The molecule has 1 aromatic rings. The maximum atomic E-state index is 11.9. The zero-order valence-corrected chi connectivity index (χ0v) is 13.4. The van der Waals surface area contributed by atoms with E-state index < -0.39 is 11.8 Å². The summed E-state index contributed by atoms with van der Waals surface area (Å²) in [6, 6.07) is 8.24. The minimum Gasteiger partial charge on any atom is -0.435 e. The number of hydrogen-bond donors (Lipinski definition) is 0. The summed E-state index contributed by atoms with van der Waals surface area (Å²) in [4.78, 5) is 14.2. The van der Waals surface area contributed by atoms with E-state index in [2.05, 4.69) is 37.9 Å². The van der Waals surface area contributed by atoms with Crippen LogP contribution in [-0.4, -0.2) is 37.8 Å². The summed E-state index contributed by atoms with van der Waals surface area (Å²) in [6.07, 6.45) is 0.211. The number of carbonyl (C=O) groups is 1. The fourth-order valence-electron chi connectivity index (χ4n) is 3.15. The smallest absolute Gasteiger partial charge is 0.435 e. The van der Waals surface area contributed by atoms with Crippen molar-refractivity contribution in [1.82, 2.24) is 4.90 Å². The summed E-state index contributed by atoms with van der Waals surface area (Å²) in [6.45, 7) is 8.11. The monoisotopic (exact) mass is 291 g/mol. The molecule has 4 nitrogen and oxygen atoms in total. The second-order valence-electron chi connectivity index (χ2n) is 5.96. The van der Waals surface area contributed by atoms with E-state index in [9.17, 15) is 4.79 Å². The lowest BCUT2D eigenvalue weighted by molar-refractivity contribution is -0.0996. The zero-order chi connectivity index (χ0) is 15.5. The first-order valence-electron chi connectivity index (χ1n) is 7.59. The van der Waals surface area contributed by atoms with Crippen LogP contribution < -0.4 is 0 Å². The molecule has 1 fully saturated rings. The van der Waals surface area contributed by atoms with Gasteiger partial charge in [0, 0.05) is 25.4 Å². The largest absolute Gasteiger partial charge is 0.509 e. The first-order chi connectivity index (χ1) is 9.98. The molecule has 2 rings (SSSR count). The Labute approximate surface area is 127 Å². The third-order valence-electron chi connectivity index (χ3n) is 4.28. The van der Waals surface area contributed by atoms with Gasteiger partial charge in [-0.15, -0.1) is 0 Å². The van der Waals surface area contributed by atoms with Gasteiger partial charge >= 0.3 is 6.16 Å². The second kappa shape index (κ2) is 6.48. The van der Waals surface area contributed by atoms with Crippen molar-refractivity contribution in [2.24, 2.45) is 5.92 Å². The number of piperidine rings is 1. The first kappa shape index (κ1) is 15.8. The minimum atomic E-state index is -0.592. The number of aryl methyl sites for hydroxylation is 1. The molecule has 0 unspecified atom stereocenters. The zero-order valence-electron chi connectivity index (χ0n) is 13.4. The SMILES string of the molecule is CCOC(=O)O[C@]1(c2cccc(C)c2)CCN(C)C[C@@H]1C. The molecule has 1 aromatic carbocycles. The van der Waals surface area contributed by atoms with Gasteiger partial charge < -0.3 is 14.4 Å². The standard InChI is InChI=1S/C17H25NO3/c1-5-20-16(19)21-17(9-10-18(4)12-14(17)3)15-8-6-7-13(2)11-15/h6-8,11,14H,5,9-10,12H2,1-4H3/t14-,17+/m0/s1. The topological polar surface area (TPSA) is 38.8 Å². The van der Waals surface area contributed by atoms with E-state index in [1.54, 1.807) is 6.92 Å². The summed E-state index contributed by atoms with van der Waals surface area (Å²) in [7, 11) is 2.10. The number of nitrogens with zero attached hydrogens (tertiary/aromatic N) is 1. The van der Waals surface area contributed by atoms with Crippen LogP contribution in [0.4, 0.5) is 4.79 Å². The van der Waals surface area contributed by atoms with E-state index in [1.165, 1.54) is 5.56 Å². The maximum absolute atomic E-state index is 11.9. The molecule has 2 atom stereocenters. The van der Waals surface area contributed by atoms with E-state index in [4.69, 9.17) is 9.47 Å². The van der Waals surface area contributed by atoms with Crippen LogP contribution in [0.1, 0.15) is 31.4 Å². The third-order valence-corrected chi connectivity index (χ3v) is 4.28. The van der Waals surface area contributed by atoms with E-state index in [0.717, 1.165) is 25.1 Å². The maximum Gasteiger partial charge on any atom is 0.509 e. The molecule has 1 saturated heterocycles. The fraction of sp³-hybridized carbons (Fsp3) is 0.588. The molecule has 21 heavy (non-hydrogen) atoms. The van der Waals surface area contributed by atoms with E-state index >= 15 is 0 Å². The Hall–Kier alpha value is -1.55. The van der Waals surface area contributed by atoms with Gasteiger partial charge in [-0.1, -0.05) is 36.8 Å². The Morgan fingerprint density at radius 3 is 2.86 bits per heavy atom. The summed E-state index contributed by atoms with van der Waals surface area (Å²) >= 11 is 0. The molecule has 0 aliphatic carbocycles. The third kappa shape index (κ3) is 3.38. The molecule has 0 aromatic heterocycles. The van der Waals surface area contributed by atoms with Gasteiger partial charge in [0.2, 0.25) is 0 Å². The van der Waals surface area contributed by atoms with Crippen LogP contribution in [0.15, 0.2) is 24.3 Å². The van der Waals surface area contributed by atoms with Crippen LogP contribution in [0.25, 0.3) is 0 Å². The Morgan fingerprint density at radius 1 is 1.48 bits per heavy atom. The van der Waals surface area contributed by atoms with Crippen LogP contribution in [0.3, 0.4) is 0 Å². The summed E-state index contributed by atoms with van der Waals surface area (Å²) < 4.78 is 10.9. The van der Waals surface area contributed by atoms with Gasteiger partial charge in [-0.3, -0.25) is 0 Å². The average Bonchev–Trinajstić information content (AvgIpc) is 2.42. The van der Waals surface area contributed by atoms with Crippen LogP contribution in [0.5, 0.6) is 0 Å². The highest BCUT2D eigenvalue weighted by atomic mass is 16.7. The molecule has 0 saturated carbocycles. The number of carbonyl (C=O) groups excluding carboxylic acids is 1. The minimum absolute atomic E-state index is 0.211. The Kier molecular flexibility index (Phi) is 4.88. The number of benzene rings is 1. The molecule has 1 aliphatic rings. The van der Waals surface area contributed by atoms with Crippen molar-refractivity contribution in [2.75, 3.05) is 26.7 Å². The normalized spacial score (nSPS) is 26.4.